The van der Waals surface area contributed by atoms with Gasteiger partial charge in [-0.1, -0.05) is 41.4 Å². The highest BCUT2D eigenvalue weighted by Crippen LogP contribution is 2.25. The molecule has 0 atom stereocenters. The number of rotatable bonds is 12. The highest BCUT2D eigenvalue weighted by molar-refractivity contribution is 9.10. The quantitative estimate of drug-likeness (QED) is 0.315. The Morgan fingerprint density at radius 1 is 1.13 bits per heavy atom. The van der Waals surface area contributed by atoms with Crippen molar-refractivity contribution in [1.29, 1.82) is 0 Å². The fourth-order valence-electron chi connectivity index (χ4n) is 2.75. The molecule has 1 N–H and O–H groups in total. The van der Waals surface area contributed by atoms with Crippen LogP contribution in [-0.4, -0.2) is 38.3 Å². The van der Waals surface area contributed by atoms with Gasteiger partial charge in [0, 0.05) is 23.2 Å². The van der Waals surface area contributed by atoms with Crippen molar-refractivity contribution < 1.29 is 17.9 Å². The number of nitrogens with one attached hydrogen (secondary N) is 1. The maximum atomic E-state index is 12.8. The van der Waals surface area contributed by atoms with Crippen LogP contribution < -0.4 is 10.1 Å². The van der Waals surface area contributed by atoms with Crippen molar-refractivity contribution in [2.24, 2.45) is 0 Å². The minimum absolute atomic E-state index is 0.125. The lowest BCUT2D eigenvalue weighted by Gasteiger charge is -2.19. The van der Waals surface area contributed by atoms with Gasteiger partial charge in [0.2, 0.25) is 10.0 Å². The Morgan fingerprint density at radius 2 is 1.77 bits per heavy atom. The van der Waals surface area contributed by atoms with Crippen molar-refractivity contribution in [2.75, 3.05) is 25.0 Å². The summed E-state index contributed by atoms with van der Waals surface area (Å²) in [5, 5.41) is 2.79. The molecule has 2 aromatic rings. The Balaban J connectivity index is 2.20. The van der Waals surface area contributed by atoms with Gasteiger partial charge in [-0.3, -0.25) is 4.79 Å². The number of sulfonamides is 1. The molecule has 2 rings (SSSR count). The lowest BCUT2D eigenvalue weighted by Crippen LogP contribution is -2.31. The monoisotopic (exact) mass is 506 g/mol. The number of hydrogen-bond acceptors (Lipinski definition) is 4. The Kier molecular flexibility index (Phi) is 9.48. The first-order valence-electron chi connectivity index (χ1n) is 9.89. The maximum Gasteiger partial charge on any atom is 0.259 e. The summed E-state index contributed by atoms with van der Waals surface area (Å²) in [6.45, 7) is 10.1. The Hall–Kier alpha value is -2.42. The minimum Gasteiger partial charge on any atom is -0.493 e. The van der Waals surface area contributed by atoms with Crippen LogP contribution in [0.3, 0.4) is 0 Å². The second kappa shape index (κ2) is 11.8. The molecule has 0 aliphatic rings. The van der Waals surface area contributed by atoms with E-state index in [1.165, 1.54) is 28.6 Å². The highest BCUT2D eigenvalue weighted by Gasteiger charge is 2.22. The zero-order valence-corrected chi connectivity index (χ0v) is 19.9. The third-order valence-corrected chi connectivity index (χ3v) is 6.70. The zero-order chi connectivity index (χ0) is 22.9. The minimum atomic E-state index is -3.70. The van der Waals surface area contributed by atoms with Gasteiger partial charge in [-0.05, 0) is 48.9 Å². The summed E-state index contributed by atoms with van der Waals surface area (Å²) in [6, 6.07) is 11.3. The number of halogens is 1. The van der Waals surface area contributed by atoms with Crippen molar-refractivity contribution in [3.8, 4) is 5.75 Å². The van der Waals surface area contributed by atoms with Gasteiger partial charge >= 0.3 is 0 Å². The van der Waals surface area contributed by atoms with E-state index in [-0.39, 0.29) is 23.9 Å². The van der Waals surface area contributed by atoms with Crippen LogP contribution in [0.1, 0.15) is 30.1 Å². The summed E-state index contributed by atoms with van der Waals surface area (Å²) in [5.41, 5.74) is 0.868. The van der Waals surface area contributed by atoms with Gasteiger partial charge in [-0.2, -0.15) is 4.31 Å². The number of amides is 1. The van der Waals surface area contributed by atoms with E-state index >= 15 is 0 Å². The lowest BCUT2D eigenvalue weighted by molar-refractivity contribution is 0.102. The second-order valence-electron chi connectivity index (χ2n) is 6.72. The van der Waals surface area contributed by atoms with Crippen molar-refractivity contribution >= 4 is 37.5 Å². The topological polar surface area (TPSA) is 75.7 Å². The molecule has 0 saturated carbocycles. The number of hydrogen-bond donors (Lipinski definition) is 1. The largest absolute Gasteiger partial charge is 0.493 e. The van der Waals surface area contributed by atoms with Gasteiger partial charge in [0.15, 0.2) is 0 Å². The standard InChI is InChI=1S/C23H27BrN2O4S/c1-4-7-16-30-22-13-8-18(24)17-21(22)23(27)25-19-9-11-20(12-10-19)31(28,29)26(14-5-2)15-6-3/h5-6,8-13,17H,2-4,7,14-16H2,1H3,(H,25,27). The molecule has 0 saturated heterocycles. The number of anilines is 1. The second-order valence-corrected chi connectivity index (χ2v) is 9.57. The molecule has 0 aliphatic carbocycles. The maximum absolute atomic E-state index is 12.8. The van der Waals surface area contributed by atoms with Gasteiger partial charge in [0.1, 0.15) is 5.75 Å². The Labute approximate surface area is 192 Å². The number of unbranched alkanes of at least 4 members (excludes halogenated alkanes) is 1. The van der Waals surface area contributed by atoms with Crippen LogP contribution >= 0.6 is 15.9 Å². The van der Waals surface area contributed by atoms with E-state index in [1.54, 1.807) is 24.3 Å². The van der Waals surface area contributed by atoms with Crippen molar-refractivity contribution in [3.63, 3.8) is 0 Å². The molecule has 2 aromatic carbocycles. The molecule has 1 amide bonds. The third-order valence-electron chi connectivity index (χ3n) is 4.36. The predicted octanol–water partition coefficient (Wildman–Crippen LogP) is 5.24. The van der Waals surface area contributed by atoms with E-state index in [0.29, 0.717) is 23.6 Å². The third kappa shape index (κ3) is 6.78. The van der Waals surface area contributed by atoms with Crippen LogP contribution in [0.2, 0.25) is 0 Å². The van der Waals surface area contributed by atoms with Gasteiger partial charge in [0.05, 0.1) is 17.1 Å². The SMILES string of the molecule is C=CCN(CC=C)S(=O)(=O)c1ccc(NC(=O)c2cc(Br)ccc2OCCCC)cc1. The van der Waals surface area contributed by atoms with Crippen LogP contribution in [0.4, 0.5) is 5.69 Å². The number of benzene rings is 2. The molecule has 8 heteroatoms. The molecule has 0 fully saturated rings. The van der Waals surface area contributed by atoms with E-state index in [4.69, 9.17) is 4.74 Å². The first-order valence-corrected chi connectivity index (χ1v) is 12.1. The summed E-state index contributed by atoms with van der Waals surface area (Å²) >= 11 is 3.38. The van der Waals surface area contributed by atoms with Crippen molar-refractivity contribution in [3.05, 3.63) is 77.8 Å². The molecular formula is C23H27BrN2O4S. The molecule has 31 heavy (non-hydrogen) atoms. The molecule has 0 aromatic heterocycles. The molecule has 0 unspecified atom stereocenters. The van der Waals surface area contributed by atoms with E-state index in [0.717, 1.165) is 17.3 Å². The van der Waals surface area contributed by atoms with E-state index in [2.05, 4.69) is 41.3 Å². The molecule has 0 bridgehead atoms. The van der Waals surface area contributed by atoms with Gasteiger partial charge in [-0.15, -0.1) is 13.2 Å². The fourth-order valence-corrected chi connectivity index (χ4v) is 4.49. The molecule has 166 valence electrons. The van der Waals surface area contributed by atoms with Crippen LogP contribution in [-0.2, 0) is 10.0 Å². The molecule has 0 radical (unpaired) electrons. The molecule has 0 spiro atoms. The fraction of sp³-hybridized carbons (Fsp3) is 0.261. The highest BCUT2D eigenvalue weighted by atomic mass is 79.9. The number of nitrogens with zero attached hydrogens (tertiary/aromatic N) is 1. The average Bonchev–Trinajstić information content (AvgIpc) is 2.75. The van der Waals surface area contributed by atoms with Gasteiger partial charge in [-0.25, -0.2) is 8.42 Å². The first-order chi connectivity index (χ1) is 14.8. The Morgan fingerprint density at radius 3 is 2.35 bits per heavy atom. The van der Waals surface area contributed by atoms with E-state index in [1.807, 2.05) is 6.07 Å². The van der Waals surface area contributed by atoms with Crippen LogP contribution in [0.5, 0.6) is 5.75 Å². The van der Waals surface area contributed by atoms with Crippen molar-refractivity contribution in [2.45, 2.75) is 24.7 Å². The molecule has 0 aliphatic heterocycles. The summed E-state index contributed by atoms with van der Waals surface area (Å²) < 4.78 is 33.4. The predicted molar refractivity (Wildman–Crippen MR) is 128 cm³/mol. The number of carbonyl (C=O) groups excluding carboxylic acids is 1. The number of ether oxygens (including phenoxy) is 1. The van der Waals surface area contributed by atoms with E-state index in [9.17, 15) is 13.2 Å². The van der Waals surface area contributed by atoms with Crippen LogP contribution in [0.25, 0.3) is 0 Å². The molecule has 0 heterocycles. The summed E-state index contributed by atoms with van der Waals surface area (Å²) in [7, 11) is -3.70. The molecular weight excluding hydrogens is 480 g/mol. The summed E-state index contributed by atoms with van der Waals surface area (Å²) in [6.07, 6.45) is 4.92. The number of carbonyl (C=O) groups is 1. The van der Waals surface area contributed by atoms with Gasteiger partial charge in [0.25, 0.3) is 5.91 Å². The van der Waals surface area contributed by atoms with E-state index < -0.39 is 10.0 Å². The smallest absolute Gasteiger partial charge is 0.259 e. The summed E-state index contributed by atoms with van der Waals surface area (Å²) in [5.74, 6) is 0.154. The first kappa shape index (κ1) is 24.8. The van der Waals surface area contributed by atoms with Crippen molar-refractivity contribution in [1.82, 2.24) is 4.31 Å². The summed E-state index contributed by atoms with van der Waals surface area (Å²) in [4.78, 5) is 12.9. The lowest BCUT2D eigenvalue weighted by atomic mass is 10.2. The van der Waals surface area contributed by atoms with Crippen LogP contribution in [0, 0.1) is 0 Å². The van der Waals surface area contributed by atoms with Gasteiger partial charge < -0.3 is 10.1 Å². The van der Waals surface area contributed by atoms with Crippen LogP contribution in [0.15, 0.2) is 77.1 Å². The Bertz CT molecular complexity index is 1010. The normalized spacial score (nSPS) is 11.2. The average molecular weight is 507 g/mol. The zero-order valence-electron chi connectivity index (χ0n) is 17.5. The molecule has 6 nitrogen and oxygen atoms in total.